The zero-order chi connectivity index (χ0) is 29.4. The lowest BCUT2D eigenvalue weighted by Crippen LogP contribution is -2.60. The Morgan fingerprint density at radius 2 is 1.03 bits per heavy atom. The number of likely N-dealkylation sites (tertiary alicyclic amines) is 2. The Bertz CT molecular complexity index is 956. The molecule has 1 aromatic carbocycles. The SMILES string of the molecule is CN1C(C)(C)CC(OC(=O)CN(CC(=O)OC2CC(C)(C)N(C)C(C)(C)C2)C(=O)c2ccccc2)CC1(C)C. The van der Waals surface area contributed by atoms with Gasteiger partial charge in [-0.2, -0.15) is 0 Å². The summed E-state index contributed by atoms with van der Waals surface area (Å²) >= 11 is 0. The monoisotopic (exact) mass is 543 g/mol. The summed E-state index contributed by atoms with van der Waals surface area (Å²) in [5.74, 6) is -1.44. The molecule has 0 spiro atoms. The quantitative estimate of drug-likeness (QED) is 0.468. The summed E-state index contributed by atoms with van der Waals surface area (Å²) in [6.45, 7) is 16.5. The Morgan fingerprint density at radius 1 is 0.692 bits per heavy atom. The lowest BCUT2D eigenvalue weighted by molar-refractivity contribution is -0.162. The van der Waals surface area contributed by atoms with Gasteiger partial charge in [0.05, 0.1) is 0 Å². The van der Waals surface area contributed by atoms with E-state index in [4.69, 9.17) is 9.47 Å². The van der Waals surface area contributed by atoms with Crippen molar-refractivity contribution in [1.82, 2.24) is 14.7 Å². The van der Waals surface area contributed by atoms with Crippen LogP contribution in [0.5, 0.6) is 0 Å². The fourth-order valence-corrected chi connectivity index (χ4v) is 6.45. The maximum absolute atomic E-state index is 13.4. The van der Waals surface area contributed by atoms with E-state index >= 15 is 0 Å². The summed E-state index contributed by atoms with van der Waals surface area (Å²) < 4.78 is 11.8. The number of hydrogen-bond donors (Lipinski definition) is 0. The van der Waals surface area contributed by atoms with Crippen molar-refractivity contribution >= 4 is 17.8 Å². The fraction of sp³-hybridized carbons (Fsp3) is 0.710. The van der Waals surface area contributed by atoms with Crippen molar-refractivity contribution < 1.29 is 23.9 Å². The normalized spacial score (nSPS) is 23.1. The lowest BCUT2D eigenvalue weighted by atomic mass is 9.79. The first-order valence-corrected chi connectivity index (χ1v) is 14.1. The highest BCUT2D eigenvalue weighted by Gasteiger charge is 2.46. The molecule has 2 fully saturated rings. The minimum absolute atomic E-state index is 0.147. The van der Waals surface area contributed by atoms with Gasteiger partial charge >= 0.3 is 11.9 Å². The molecule has 2 aliphatic heterocycles. The predicted molar refractivity (Wildman–Crippen MR) is 152 cm³/mol. The van der Waals surface area contributed by atoms with Crippen molar-refractivity contribution in [3.63, 3.8) is 0 Å². The van der Waals surface area contributed by atoms with E-state index in [9.17, 15) is 14.4 Å². The number of benzene rings is 1. The second-order valence-corrected chi connectivity index (χ2v) is 13.9. The molecular formula is C31H49N3O5. The van der Waals surface area contributed by atoms with Crippen LogP contribution in [0.15, 0.2) is 30.3 Å². The van der Waals surface area contributed by atoms with Crippen LogP contribution < -0.4 is 0 Å². The number of nitrogens with zero attached hydrogens (tertiary/aromatic N) is 3. The summed E-state index contributed by atoms with van der Waals surface area (Å²) in [5.41, 5.74) is -0.185. The van der Waals surface area contributed by atoms with Crippen molar-refractivity contribution in [1.29, 1.82) is 0 Å². The van der Waals surface area contributed by atoms with Crippen LogP contribution in [0, 0.1) is 0 Å². The zero-order valence-electron chi connectivity index (χ0n) is 25.7. The second-order valence-electron chi connectivity index (χ2n) is 13.9. The summed E-state index contributed by atoms with van der Waals surface area (Å²) in [4.78, 5) is 45.6. The molecule has 0 N–H and O–H groups in total. The molecule has 1 amide bonds. The average Bonchev–Trinajstić information content (AvgIpc) is 2.79. The molecule has 8 heteroatoms. The zero-order valence-corrected chi connectivity index (χ0v) is 25.7. The van der Waals surface area contributed by atoms with E-state index in [1.807, 2.05) is 6.07 Å². The van der Waals surface area contributed by atoms with Gasteiger partial charge in [0.15, 0.2) is 0 Å². The maximum Gasteiger partial charge on any atom is 0.325 e. The van der Waals surface area contributed by atoms with Gasteiger partial charge in [-0.3, -0.25) is 24.2 Å². The molecule has 8 nitrogen and oxygen atoms in total. The molecule has 0 unspecified atom stereocenters. The molecule has 0 aliphatic carbocycles. The Labute approximate surface area is 235 Å². The molecule has 3 rings (SSSR count). The number of carbonyl (C=O) groups is 3. The summed E-state index contributed by atoms with van der Waals surface area (Å²) in [5, 5.41) is 0. The molecule has 2 aliphatic rings. The largest absolute Gasteiger partial charge is 0.461 e. The van der Waals surface area contributed by atoms with Crippen LogP contribution in [0.3, 0.4) is 0 Å². The molecule has 39 heavy (non-hydrogen) atoms. The van der Waals surface area contributed by atoms with Gasteiger partial charge in [-0.1, -0.05) is 18.2 Å². The highest BCUT2D eigenvalue weighted by atomic mass is 16.6. The van der Waals surface area contributed by atoms with Crippen molar-refractivity contribution in [2.24, 2.45) is 0 Å². The molecule has 0 atom stereocenters. The molecule has 0 saturated carbocycles. The predicted octanol–water partition coefficient (Wildman–Crippen LogP) is 4.52. The van der Waals surface area contributed by atoms with Crippen LogP contribution in [0.4, 0.5) is 0 Å². The van der Waals surface area contributed by atoms with Gasteiger partial charge < -0.3 is 14.4 Å². The van der Waals surface area contributed by atoms with E-state index in [2.05, 4.69) is 79.3 Å². The molecular weight excluding hydrogens is 494 g/mol. The molecule has 0 radical (unpaired) electrons. The van der Waals surface area contributed by atoms with E-state index in [0.29, 0.717) is 31.2 Å². The topological polar surface area (TPSA) is 79.4 Å². The van der Waals surface area contributed by atoms with Crippen LogP contribution in [0.1, 0.15) is 91.4 Å². The smallest absolute Gasteiger partial charge is 0.325 e. The fourth-order valence-electron chi connectivity index (χ4n) is 6.45. The highest BCUT2D eigenvalue weighted by Crippen LogP contribution is 2.39. The summed E-state index contributed by atoms with van der Waals surface area (Å²) in [7, 11) is 4.19. The molecule has 2 saturated heterocycles. The first-order chi connectivity index (χ1) is 17.8. The molecule has 0 bridgehead atoms. The third-order valence-corrected chi connectivity index (χ3v) is 9.08. The number of ether oxygens (including phenoxy) is 2. The minimum Gasteiger partial charge on any atom is -0.461 e. The van der Waals surface area contributed by atoms with Crippen molar-refractivity contribution in [3.05, 3.63) is 35.9 Å². The first kappa shape index (κ1) is 31.1. The Balaban J connectivity index is 1.72. The molecule has 0 aromatic heterocycles. The van der Waals surface area contributed by atoms with Gasteiger partial charge in [-0.25, -0.2) is 0 Å². The third kappa shape index (κ3) is 7.40. The van der Waals surface area contributed by atoms with Crippen LogP contribution >= 0.6 is 0 Å². The van der Waals surface area contributed by atoms with E-state index < -0.39 is 17.8 Å². The first-order valence-electron chi connectivity index (χ1n) is 14.1. The number of rotatable bonds is 7. The second kappa shape index (κ2) is 11.2. The average molecular weight is 544 g/mol. The Morgan fingerprint density at radius 3 is 1.36 bits per heavy atom. The van der Waals surface area contributed by atoms with Gasteiger partial charge in [0.2, 0.25) is 0 Å². The van der Waals surface area contributed by atoms with Gasteiger partial charge in [0.1, 0.15) is 25.3 Å². The molecule has 218 valence electrons. The summed E-state index contributed by atoms with van der Waals surface area (Å²) in [6, 6.07) is 8.68. The van der Waals surface area contributed by atoms with Gasteiger partial charge in [0.25, 0.3) is 5.91 Å². The lowest BCUT2D eigenvalue weighted by Gasteiger charge is -2.53. The van der Waals surface area contributed by atoms with Crippen LogP contribution in [-0.4, -0.2) is 94.1 Å². The van der Waals surface area contributed by atoms with E-state index in [1.165, 1.54) is 4.90 Å². The van der Waals surface area contributed by atoms with Crippen LogP contribution in [-0.2, 0) is 19.1 Å². The van der Waals surface area contributed by atoms with Crippen molar-refractivity contribution in [3.8, 4) is 0 Å². The number of amides is 1. The van der Waals surface area contributed by atoms with Gasteiger partial charge in [-0.05, 0) is 81.6 Å². The van der Waals surface area contributed by atoms with Crippen LogP contribution in [0.25, 0.3) is 0 Å². The van der Waals surface area contributed by atoms with Gasteiger partial charge in [0, 0.05) is 53.4 Å². The van der Waals surface area contributed by atoms with E-state index in [-0.39, 0.29) is 47.5 Å². The molecule has 2 heterocycles. The number of carbonyl (C=O) groups excluding carboxylic acids is 3. The Kier molecular flexibility index (Phi) is 8.93. The maximum atomic E-state index is 13.4. The third-order valence-electron chi connectivity index (χ3n) is 9.08. The summed E-state index contributed by atoms with van der Waals surface area (Å²) in [6.07, 6.45) is 2.21. The van der Waals surface area contributed by atoms with E-state index in [0.717, 1.165) is 0 Å². The molecule has 1 aromatic rings. The van der Waals surface area contributed by atoms with Gasteiger partial charge in [-0.15, -0.1) is 0 Å². The minimum atomic E-state index is -0.519. The number of hydrogen-bond acceptors (Lipinski definition) is 7. The highest BCUT2D eigenvalue weighted by molar-refractivity contribution is 5.97. The Hall–Kier alpha value is -2.45. The van der Waals surface area contributed by atoms with E-state index in [1.54, 1.807) is 24.3 Å². The number of piperidine rings is 2. The van der Waals surface area contributed by atoms with Crippen molar-refractivity contribution in [2.45, 2.75) is 115 Å². The number of esters is 2. The standard InChI is InChI=1S/C31H49N3O5/c1-28(2)16-23(17-29(3,4)32(28)9)38-25(35)20-34(27(37)22-14-12-11-13-15-22)21-26(36)39-24-18-30(5,6)33(10)31(7,8)19-24/h11-15,23-24H,16-21H2,1-10H3. The van der Waals surface area contributed by atoms with Crippen molar-refractivity contribution in [2.75, 3.05) is 27.2 Å². The van der Waals surface area contributed by atoms with Crippen LogP contribution in [0.2, 0.25) is 0 Å².